The Morgan fingerprint density at radius 2 is 1.76 bits per heavy atom. The number of ether oxygens (including phenoxy) is 1. The van der Waals surface area contributed by atoms with Crippen molar-refractivity contribution >= 4 is 17.5 Å². The van der Waals surface area contributed by atoms with Gasteiger partial charge in [0.1, 0.15) is 11.5 Å². The average Bonchev–Trinajstić information content (AvgIpc) is 3.43. The normalized spacial score (nSPS) is 14.9. The smallest absolute Gasteiger partial charge is 0.309 e. The van der Waals surface area contributed by atoms with Crippen molar-refractivity contribution in [1.82, 2.24) is 20.5 Å². The van der Waals surface area contributed by atoms with Crippen LogP contribution in [0.5, 0.6) is 5.75 Å². The lowest BCUT2D eigenvalue weighted by atomic mass is 10.1. The van der Waals surface area contributed by atoms with Crippen molar-refractivity contribution in [2.45, 2.75) is 12.6 Å². The van der Waals surface area contributed by atoms with Gasteiger partial charge in [0.05, 0.1) is 31.7 Å². The number of methoxy groups -OCH3 is 1. The lowest BCUT2D eigenvalue weighted by Crippen LogP contribution is -2.50. The number of hydrogen-bond acceptors (Lipinski definition) is 7. The number of hydrogen-bond donors (Lipinski definition) is 2. The summed E-state index contributed by atoms with van der Waals surface area (Å²) in [6, 6.07) is 17.0. The lowest BCUT2D eigenvalue weighted by molar-refractivity contribution is -0.139. The van der Waals surface area contributed by atoms with Crippen molar-refractivity contribution in [3.05, 3.63) is 78.5 Å². The highest BCUT2D eigenvalue weighted by atomic mass is 16.5. The van der Waals surface area contributed by atoms with E-state index < -0.39 is 11.8 Å². The SMILES string of the molecule is COc1ccc(N2CCN([C@@H](CNC(=O)C(=O)NCc3ccccn3)c3ccco3)CC2)cc1. The Kier molecular flexibility index (Phi) is 7.77. The van der Waals surface area contributed by atoms with Crippen LogP contribution in [0.2, 0.25) is 0 Å². The first-order valence-corrected chi connectivity index (χ1v) is 11.3. The number of amides is 2. The minimum Gasteiger partial charge on any atom is -0.497 e. The summed E-state index contributed by atoms with van der Waals surface area (Å²) in [7, 11) is 1.66. The largest absolute Gasteiger partial charge is 0.497 e. The number of pyridine rings is 1. The fourth-order valence-corrected chi connectivity index (χ4v) is 4.00. The van der Waals surface area contributed by atoms with Gasteiger partial charge >= 0.3 is 11.8 Å². The number of benzene rings is 1. The molecule has 3 aromatic rings. The third-order valence-electron chi connectivity index (χ3n) is 5.88. The lowest BCUT2D eigenvalue weighted by Gasteiger charge is -2.39. The molecule has 1 atom stereocenters. The topological polar surface area (TPSA) is 99.9 Å². The summed E-state index contributed by atoms with van der Waals surface area (Å²) >= 11 is 0. The van der Waals surface area contributed by atoms with E-state index in [0.717, 1.165) is 43.4 Å². The number of piperazine rings is 1. The van der Waals surface area contributed by atoms with Crippen LogP contribution in [0.3, 0.4) is 0 Å². The Hall–Kier alpha value is -3.85. The number of furan rings is 1. The van der Waals surface area contributed by atoms with Crippen LogP contribution in [0.4, 0.5) is 5.69 Å². The molecule has 0 spiro atoms. The van der Waals surface area contributed by atoms with E-state index in [1.54, 1.807) is 31.7 Å². The van der Waals surface area contributed by atoms with E-state index in [-0.39, 0.29) is 19.1 Å². The Bertz CT molecular complexity index is 1050. The third-order valence-corrected chi connectivity index (χ3v) is 5.88. The molecule has 9 nitrogen and oxygen atoms in total. The van der Waals surface area contributed by atoms with Gasteiger partial charge in [0.2, 0.25) is 0 Å². The summed E-state index contributed by atoms with van der Waals surface area (Å²) < 4.78 is 10.9. The van der Waals surface area contributed by atoms with Crippen molar-refractivity contribution in [2.24, 2.45) is 0 Å². The molecule has 0 saturated carbocycles. The molecule has 34 heavy (non-hydrogen) atoms. The molecule has 1 aliphatic heterocycles. The molecule has 2 amide bonds. The van der Waals surface area contributed by atoms with Gasteiger partial charge in [0, 0.05) is 44.6 Å². The van der Waals surface area contributed by atoms with Crippen LogP contribution >= 0.6 is 0 Å². The van der Waals surface area contributed by atoms with Crippen molar-refractivity contribution in [3.63, 3.8) is 0 Å². The standard InChI is InChI=1S/C25H29N5O4/c1-33-21-9-7-20(8-10-21)29-12-14-30(15-13-29)22(23-6-4-16-34-23)18-28-25(32)24(31)27-17-19-5-2-3-11-26-19/h2-11,16,22H,12-15,17-18H2,1H3,(H,27,31)(H,28,32)/t22-/m0/s1. The van der Waals surface area contributed by atoms with Gasteiger partial charge in [-0.3, -0.25) is 19.5 Å². The molecule has 3 heterocycles. The van der Waals surface area contributed by atoms with E-state index in [0.29, 0.717) is 5.69 Å². The van der Waals surface area contributed by atoms with Gasteiger partial charge in [-0.2, -0.15) is 0 Å². The molecule has 0 bridgehead atoms. The maximum atomic E-state index is 12.4. The Morgan fingerprint density at radius 3 is 2.41 bits per heavy atom. The highest BCUT2D eigenvalue weighted by Crippen LogP contribution is 2.25. The van der Waals surface area contributed by atoms with Gasteiger partial charge in [-0.1, -0.05) is 6.07 Å². The number of nitrogens with zero attached hydrogens (tertiary/aromatic N) is 3. The van der Waals surface area contributed by atoms with Crippen LogP contribution in [0, 0.1) is 0 Å². The molecule has 4 rings (SSSR count). The molecule has 0 radical (unpaired) electrons. The fraction of sp³-hybridized carbons (Fsp3) is 0.320. The van der Waals surface area contributed by atoms with Crippen molar-refractivity contribution in [1.29, 1.82) is 0 Å². The Morgan fingerprint density at radius 1 is 1.00 bits per heavy atom. The first-order valence-electron chi connectivity index (χ1n) is 11.3. The zero-order valence-corrected chi connectivity index (χ0v) is 19.1. The molecule has 1 aliphatic rings. The van der Waals surface area contributed by atoms with E-state index in [1.165, 1.54) is 0 Å². The molecular formula is C25H29N5O4. The molecule has 0 unspecified atom stereocenters. The van der Waals surface area contributed by atoms with E-state index in [4.69, 9.17) is 9.15 Å². The van der Waals surface area contributed by atoms with Gasteiger partial charge in [-0.15, -0.1) is 0 Å². The monoisotopic (exact) mass is 463 g/mol. The number of carbonyl (C=O) groups excluding carboxylic acids is 2. The maximum Gasteiger partial charge on any atom is 0.309 e. The first-order chi connectivity index (χ1) is 16.6. The molecule has 2 N–H and O–H groups in total. The second kappa shape index (κ2) is 11.3. The summed E-state index contributed by atoms with van der Waals surface area (Å²) in [6.45, 7) is 3.72. The van der Waals surface area contributed by atoms with Crippen LogP contribution in [0.25, 0.3) is 0 Å². The summed E-state index contributed by atoms with van der Waals surface area (Å²) in [6.07, 6.45) is 3.27. The minimum absolute atomic E-state index is 0.166. The summed E-state index contributed by atoms with van der Waals surface area (Å²) in [4.78, 5) is 33.4. The van der Waals surface area contributed by atoms with Crippen molar-refractivity contribution < 1.29 is 18.7 Å². The zero-order chi connectivity index (χ0) is 23.8. The van der Waals surface area contributed by atoms with Crippen LogP contribution in [-0.2, 0) is 16.1 Å². The molecule has 0 aliphatic carbocycles. The molecule has 1 saturated heterocycles. The highest BCUT2D eigenvalue weighted by Gasteiger charge is 2.28. The van der Waals surface area contributed by atoms with Gasteiger partial charge in [-0.25, -0.2) is 0 Å². The summed E-state index contributed by atoms with van der Waals surface area (Å²) in [5.74, 6) is 0.227. The number of rotatable bonds is 8. The molecule has 1 aromatic carbocycles. The van der Waals surface area contributed by atoms with Crippen LogP contribution in [0.15, 0.2) is 71.5 Å². The van der Waals surface area contributed by atoms with Crippen LogP contribution in [0.1, 0.15) is 17.5 Å². The summed E-state index contributed by atoms with van der Waals surface area (Å²) in [5, 5.41) is 5.36. The Balaban J connectivity index is 1.31. The molecular weight excluding hydrogens is 434 g/mol. The van der Waals surface area contributed by atoms with E-state index in [2.05, 4.69) is 37.6 Å². The van der Waals surface area contributed by atoms with E-state index in [1.807, 2.05) is 30.3 Å². The van der Waals surface area contributed by atoms with Gasteiger partial charge < -0.3 is 24.7 Å². The predicted octanol–water partition coefficient (Wildman–Crippen LogP) is 1.98. The zero-order valence-electron chi connectivity index (χ0n) is 19.1. The van der Waals surface area contributed by atoms with Crippen molar-refractivity contribution in [2.75, 3.05) is 44.7 Å². The number of anilines is 1. The van der Waals surface area contributed by atoms with Crippen LogP contribution < -0.4 is 20.3 Å². The van der Waals surface area contributed by atoms with E-state index in [9.17, 15) is 9.59 Å². The number of nitrogens with one attached hydrogen (secondary N) is 2. The fourth-order valence-electron chi connectivity index (χ4n) is 4.00. The second-order valence-corrected chi connectivity index (χ2v) is 7.97. The second-order valence-electron chi connectivity index (χ2n) is 7.97. The summed E-state index contributed by atoms with van der Waals surface area (Å²) in [5.41, 5.74) is 1.83. The minimum atomic E-state index is -0.687. The quantitative estimate of drug-likeness (QED) is 0.493. The van der Waals surface area contributed by atoms with Gasteiger partial charge in [0.25, 0.3) is 0 Å². The number of carbonyl (C=O) groups is 2. The van der Waals surface area contributed by atoms with Crippen LogP contribution in [-0.4, -0.2) is 61.5 Å². The highest BCUT2D eigenvalue weighted by molar-refractivity contribution is 6.35. The first kappa shape index (κ1) is 23.3. The molecule has 2 aromatic heterocycles. The number of aromatic nitrogens is 1. The van der Waals surface area contributed by atoms with E-state index >= 15 is 0 Å². The molecule has 178 valence electrons. The Labute approximate surface area is 198 Å². The van der Waals surface area contributed by atoms with Gasteiger partial charge in [0.15, 0.2) is 0 Å². The maximum absolute atomic E-state index is 12.4. The van der Waals surface area contributed by atoms with Crippen molar-refractivity contribution in [3.8, 4) is 5.75 Å². The predicted molar refractivity (Wildman–Crippen MR) is 127 cm³/mol. The third kappa shape index (κ3) is 5.93. The van der Waals surface area contributed by atoms with Gasteiger partial charge in [-0.05, 0) is 48.5 Å². The average molecular weight is 464 g/mol. The molecule has 9 heteroatoms. The molecule has 1 fully saturated rings.